The number of fused-ring (bicyclic) bond motifs is 1. The quantitative estimate of drug-likeness (QED) is 0.476. The summed E-state index contributed by atoms with van der Waals surface area (Å²) in [7, 11) is 1.98. The smallest absolute Gasteiger partial charge is 0.451 e. The van der Waals surface area contributed by atoms with Crippen molar-refractivity contribution >= 4 is 5.91 Å². The van der Waals surface area contributed by atoms with Crippen LogP contribution in [0.1, 0.15) is 64.6 Å². The highest BCUT2D eigenvalue weighted by atomic mass is 19.4. The third kappa shape index (κ3) is 6.88. The van der Waals surface area contributed by atoms with Crippen molar-refractivity contribution in [3.8, 4) is 5.75 Å². The molecule has 2 aliphatic rings. The van der Waals surface area contributed by atoms with Gasteiger partial charge in [-0.15, -0.1) is 0 Å². The van der Waals surface area contributed by atoms with Gasteiger partial charge in [0.1, 0.15) is 5.75 Å². The summed E-state index contributed by atoms with van der Waals surface area (Å²) in [5.41, 5.74) is 3.71. The predicted octanol–water partition coefficient (Wildman–Crippen LogP) is 3.86. The number of nitrogens with zero attached hydrogens (tertiary/aromatic N) is 5. The van der Waals surface area contributed by atoms with Crippen LogP contribution in [-0.2, 0) is 6.18 Å². The van der Waals surface area contributed by atoms with Gasteiger partial charge in [-0.25, -0.2) is 9.97 Å². The van der Waals surface area contributed by atoms with Crippen LogP contribution in [0, 0.1) is 13.8 Å². The number of likely N-dealkylation sites (N-methyl/N-ethyl adjacent to an activating group) is 1. The zero-order chi connectivity index (χ0) is 28.2. The molecule has 0 saturated carbocycles. The van der Waals surface area contributed by atoms with Gasteiger partial charge in [0.2, 0.25) is 5.82 Å². The van der Waals surface area contributed by atoms with Crippen LogP contribution in [0.5, 0.6) is 5.75 Å². The number of aliphatic hydroxyl groups excluding tert-OH is 1. The summed E-state index contributed by atoms with van der Waals surface area (Å²) in [6.07, 6.45) is 1.22. The monoisotopic (exact) mass is 549 g/mol. The van der Waals surface area contributed by atoms with Crippen molar-refractivity contribution < 1.29 is 27.8 Å². The SMILES string of the molecule is Cc1c(OCCCN(C)CCO)ccc([C@H]2CCC[C@H]3CN(C(=O)c4cnc(C(F)(F)F)nc4)CCN32)c1C. The second-order valence-corrected chi connectivity index (χ2v) is 10.5. The van der Waals surface area contributed by atoms with Crippen LogP contribution in [0.3, 0.4) is 0 Å². The number of aromatic nitrogens is 2. The number of piperazine rings is 1. The number of rotatable bonds is 9. The first-order valence-corrected chi connectivity index (χ1v) is 13.6. The summed E-state index contributed by atoms with van der Waals surface area (Å²) in [5.74, 6) is -0.684. The summed E-state index contributed by atoms with van der Waals surface area (Å²) < 4.78 is 44.5. The van der Waals surface area contributed by atoms with Crippen molar-refractivity contribution in [2.24, 2.45) is 0 Å². The Morgan fingerprint density at radius 3 is 2.56 bits per heavy atom. The minimum atomic E-state index is -4.64. The third-order valence-corrected chi connectivity index (χ3v) is 7.94. The van der Waals surface area contributed by atoms with Crippen molar-refractivity contribution in [2.75, 3.05) is 53.0 Å². The Hall–Kier alpha value is -2.76. The van der Waals surface area contributed by atoms with Gasteiger partial charge in [-0.05, 0) is 69.3 Å². The molecule has 2 saturated heterocycles. The lowest BCUT2D eigenvalue weighted by atomic mass is 9.86. The van der Waals surface area contributed by atoms with E-state index in [4.69, 9.17) is 9.84 Å². The molecule has 214 valence electrons. The van der Waals surface area contributed by atoms with E-state index in [9.17, 15) is 18.0 Å². The minimum Gasteiger partial charge on any atom is -0.493 e. The van der Waals surface area contributed by atoms with E-state index >= 15 is 0 Å². The maximum absolute atomic E-state index is 13.0. The molecule has 0 bridgehead atoms. The molecule has 2 aromatic rings. The first-order chi connectivity index (χ1) is 18.6. The van der Waals surface area contributed by atoms with E-state index in [-0.39, 0.29) is 30.2 Å². The molecule has 8 nitrogen and oxygen atoms in total. The molecule has 4 rings (SSSR count). The highest BCUT2D eigenvalue weighted by molar-refractivity contribution is 5.93. The molecular formula is C28H38F3N5O3. The van der Waals surface area contributed by atoms with Crippen molar-refractivity contribution in [1.82, 2.24) is 24.7 Å². The zero-order valence-electron chi connectivity index (χ0n) is 22.9. The van der Waals surface area contributed by atoms with E-state index in [1.165, 1.54) is 11.1 Å². The predicted molar refractivity (Wildman–Crippen MR) is 141 cm³/mol. The normalized spacial score (nSPS) is 20.3. The van der Waals surface area contributed by atoms with Gasteiger partial charge in [-0.2, -0.15) is 13.2 Å². The Balaban J connectivity index is 1.39. The van der Waals surface area contributed by atoms with E-state index < -0.39 is 12.0 Å². The van der Waals surface area contributed by atoms with Crippen LogP contribution in [0.25, 0.3) is 0 Å². The zero-order valence-corrected chi connectivity index (χ0v) is 22.9. The number of hydrogen-bond acceptors (Lipinski definition) is 7. The van der Waals surface area contributed by atoms with Gasteiger partial charge in [-0.3, -0.25) is 9.69 Å². The fraction of sp³-hybridized carbons (Fsp3) is 0.607. The maximum Gasteiger partial charge on any atom is 0.451 e. The average molecular weight is 550 g/mol. The van der Waals surface area contributed by atoms with Gasteiger partial charge >= 0.3 is 6.18 Å². The highest BCUT2D eigenvalue weighted by Gasteiger charge is 2.38. The van der Waals surface area contributed by atoms with E-state index in [0.29, 0.717) is 32.8 Å². The van der Waals surface area contributed by atoms with Crippen LogP contribution in [0.15, 0.2) is 24.5 Å². The first kappa shape index (κ1) is 29.2. The molecule has 1 N–H and O–H groups in total. The summed E-state index contributed by atoms with van der Waals surface area (Å²) in [6, 6.07) is 4.65. The average Bonchev–Trinajstić information content (AvgIpc) is 2.92. The Morgan fingerprint density at radius 1 is 1.13 bits per heavy atom. The van der Waals surface area contributed by atoms with Crippen LogP contribution in [0.4, 0.5) is 13.2 Å². The van der Waals surface area contributed by atoms with Gasteiger partial charge in [0, 0.05) is 57.2 Å². The molecule has 2 aliphatic heterocycles. The lowest BCUT2D eigenvalue weighted by Crippen LogP contribution is -2.57. The lowest BCUT2D eigenvalue weighted by Gasteiger charge is -2.48. The number of piperidine rings is 1. The topological polar surface area (TPSA) is 82.0 Å². The second kappa shape index (κ2) is 12.6. The van der Waals surface area contributed by atoms with Gasteiger partial charge in [0.15, 0.2) is 0 Å². The van der Waals surface area contributed by atoms with E-state index in [0.717, 1.165) is 55.9 Å². The van der Waals surface area contributed by atoms with Gasteiger partial charge < -0.3 is 19.6 Å². The summed E-state index contributed by atoms with van der Waals surface area (Å²) in [6.45, 7) is 8.23. The largest absolute Gasteiger partial charge is 0.493 e. The van der Waals surface area contributed by atoms with Crippen molar-refractivity contribution in [3.05, 3.63) is 52.6 Å². The molecule has 3 heterocycles. The van der Waals surface area contributed by atoms with Crippen LogP contribution < -0.4 is 4.74 Å². The van der Waals surface area contributed by atoms with Gasteiger partial charge in [-0.1, -0.05) is 6.07 Å². The Morgan fingerprint density at radius 2 is 1.87 bits per heavy atom. The van der Waals surface area contributed by atoms with Gasteiger partial charge in [0.25, 0.3) is 5.91 Å². The summed E-state index contributed by atoms with van der Waals surface area (Å²) >= 11 is 0. The number of aliphatic hydroxyl groups is 1. The lowest BCUT2D eigenvalue weighted by molar-refractivity contribution is -0.145. The van der Waals surface area contributed by atoms with Crippen LogP contribution in [0.2, 0.25) is 0 Å². The molecule has 2 fully saturated rings. The summed E-state index contributed by atoms with van der Waals surface area (Å²) in [5, 5.41) is 9.03. The number of carbonyl (C=O) groups excluding carboxylic acids is 1. The van der Waals surface area contributed by atoms with Gasteiger partial charge in [0.05, 0.1) is 18.8 Å². The third-order valence-electron chi connectivity index (χ3n) is 7.94. The Bertz CT molecular complexity index is 1130. The molecule has 11 heteroatoms. The van der Waals surface area contributed by atoms with Crippen molar-refractivity contribution in [2.45, 2.75) is 57.8 Å². The molecule has 1 aromatic heterocycles. The Labute approximate surface area is 227 Å². The molecule has 0 radical (unpaired) electrons. The molecule has 0 aliphatic carbocycles. The standard InChI is InChI=1S/C28H38F3N5O3/c1-19-20(2)25(39-15-5-10-34(3)13-14-37)9-8-23(19)24-7-4-6-22-18-35(11-12-36(22)24)26(38)21-16-32-27(33-17-21)28(29,30)31/h8-9,16-17,22,24,37H,4-7,10-15,18H2,1-3H3/t22-,24+/m0/s1. The number of hydrogen-bond donors (Lipinski definition) is 1. The molecule has 1 amide bonds. The minimum absolute atomic E-state index is 0.0749. The number of halogens is 3. The molecule has 2 atom stereocenters. The fourth-order valence-corrected chi connectivity index (χ4v) is 5.67. The molecule has 1 aromatic carbocycles. The van der Waals surface area contributed by atoms with E-state index in [2.05, 4.69) is 45.7 Å². The number of ether oxygens (including phenoxy) is 1. The number of carbonyl (C=O) groups is 1. The molecule has 39 heavy (non-hydrogen) atoms. The Kier molecular flexibility index (Phi) is 9.45. The highest BCUT2D eigenvalue weighted by Crippen LogP contribution is 2.39. The summed E-state index contributed by atoms with van der Waals surface area (Å²) in [4.78, 5) is 26.0. The van der Waals surface area contributed by atoms with Crippen LogP contribution in [-0.4, -0.2) is 94.7 Å². The maximum atomic E-state index is 13.0. The molecule has 0 unspecified atom stereocenters. The van der Waals surface area contributed by atoms with E-state index in [1.807, 2.05) is 7.05 Å². The number of amides is 1. The van der Waals surface area contributed by atoms with Crippen molar-refractivity contribution in [1.29, 1.82) is 0 Å². The number of alkyl halides is 3. The second-order valence-electron chi connectivity index (χ2n) is 10.5. The first-order valence-electron chi connectivity index (χ1n) is 13.6. The molecular weight excluding hydrogens is 511 g/mol. The fourth-order valence-electron chi connectivity index (χ4n) is 5.67. The molecule has 0 spiro atoms. The van der Waals surface area contributed by atoms with E-state index in [1.54, 1.807) is 4.90 Å². The van der Waals surface area contributed by atoms with Crippen LogP contribution >= 0.6 is 0 Å². The number of benzene rings is 1. The van der Waals surface area contributed by atoms with Crippen molar-refractivity contribution in [3.63, 3.8) is 0 Å².